The predicted octanol–water partition coefficient (Wildman–Crippen LogP) is 6.06. The zero-order valence-corrected chi connectivity index (χ0v) is 20.8. The first-order chi connectivity index (χ1) is 17.6. The molecule has 0 bridgehead atoms. The molecule has 0 saturated heterocycles. The minimum atomic E-state index is -0.144. The molecule has 1 aromatic heterocycles. The summed E-state index contributed by atoms with van der Waals surface area (Å²) in [7, 11) is 1.44. The zero-order valence-electron chi connectivity index (χ0n) is 20.8. The molecule has 188 valence electrons. The molecule has 7 nitrogen and oxygen atoms in total. The first-order valence-electron chi connectivity index (χ1n) is 12.5. The third kappa shape index (κ3) is 5.25. The standard InChI is InChI=1S/C29H31NO6/c1-19-24(30-29(36-19)21-13-14-26-27(17-21)35-18-34-26)15-16-33-25-11-6-9-22-20(8-5-10-23(22)25)7-3-4-12-28(31)32-2/h6,8-9,11,13-14,17H,3-5,7,10,12,15-16,18H2,1-2H3. The van der Waals surface area contributed by atoms with Crippen LogP contribution in [-0.4, -0.2) is 31.5 Å². The topological polar surface area (TPSA) is 80.0 Å². The molecule has 3 aromatic rings. The highest BCUT2D eigenvalue weighted by atomic mass is 16.7. The number of methoxy groups -OCH3 is 1. The molecule has 7 heteroatoms. The first-order valence-corrected chi connectivity index (χ1v) is 12.5. The van der Waals surface area contributed by atoms with Crippen molar-refractivity contribution in [1.82, 2.24) is 4.98 Å². The number of nitrogens with zero attached hydrogens (tertiary/aromatic N) is 1. The van der Waals surface area contributed by atoms with Crippen LogP contribution in [0.3, 0.4) is 0 Å². The van der Waals surface area contributed by atoms with Gasteiger partial charge in [0.15, 0.2) is 11.5 Å². The summed E-state index contributed by atoms with van der Waals surface area (Å²) in [4.78, 5) is 16.1. The lowest BCUT2D eigenvalue weighted by molar-refractivity contribution is -0.140. The maximum Gasteiger partial charge on any atom is 0.305 e. The largest absolute Gasteiger partial charge is 0.493 e. The summed E-state index contributed by atoms with van der Waals surface area (Å²) in [5.41, 5.74) is 5.61. The van der Waals surface area contributed by atoms with Crippen molar-refractivity contribution < 1.29 is 28.2 Å². The van der Waals surface area contributed by atoms with Crippen LogP contribution < -0.4 is 14.2 Å². The van der Waals surface area contributed by atoms with E-state index in [1.807, 2.05) is 31.2 Å². The summed E-state index contributed by atoms with van der Waals surface area (Å²) in [6.07, 6.45) is 8.16. The lowest BCUT2D eigenvalue weighted by Gasteiger charge is -2.21. The number of benzene rings is 2. The van der Waals surface area contributed by atoms with Crippen molar-refractivity contribution in [1.29, 1.82) is 0 Å². The van der Waals surface area contributed by atoms with Gasteiger partial charge in [-0.25, -0.2) is 4.98 Å². The molecule has 0 unspecified atom stereocenters. The molecule has 0 radical (unpaired) electrons. The van der Waals surface area contributed by atoms with Crippen LogP contribution in [0.15, 0.2) is 46.9 Å². The Morgan fingerprint density at radius 1 is 1.08 bits per heavy atom. The Kier molecular flexibility index (Phi) is 7.26. The van der Waals surface area contributed by atoms with Crippen LogP contribution in [0.1, 0.15) is 54.7 Å². The second-order valence-corrected chi connectivity index (χ2v) is 9.02. The number of hydrogen-bond donors (Lipinski definition) is 0. The Labute approximate surface area is 211 Å². The van der Waals surface area contributed by atoms with Gasteiger partial charge in [0.25, 0.3) is 0 Å². The number of esters is 1. The second-order valence-electron chi connectivity index (χ2n) is 9.02. The number of unbranched alkanes of at least 4 members (excludes halogenated alkanes) is 1. The van der Waals surface area contributed by atoms with Crippen LogP contribution in [0.2, 0.25) is 0 Å². The molecule has 36 heavy (non-hydrogen) atoms. The monoisotopic (exact) mass is 489 g/mol. The van der Waals surface area contributed by atoms with Gasteiger partial charge in [-0.05, 0) is 74.4 Å². The smallest absolute Gasteiger partial charge is 0.305 e. The maximum absolute atomic E-state index is 11.4. The maximum atomic E-state index is 11.4. The fraction of sp³-hybridized carbons (Fsp3) is 0.379. The summed E-state index contributed by atoms with van der Waals surface area (Å²) >= 11 is 0. The van der Waals surface area contributed by atoms with Crippen LogP contribution in [0, 0.1) is 6.92 Å². The van der Waals surface area contributed by atoms with Crippen LogP contribution in [0.25, 0.3) is 17.0 Å². The summed E-state index contributed by atoms with van der Waals surface area (Å²) in [5, 5.41) is 0. The Bertz CT molecular complexity index is 1270. The first kappa shape index (κ1) is 24.0. The summed E-state index contributed by atoms with van der Waals surface area (Å²) in [5.74, 6) is 3.59. The molecule has 0 amide bonds. The van der Waals surface area contributed by atoms with Gasteiger partial charge in [0.1, 0.15) is 11.5 Å². The van der Waals surface area contributed by atoms with Crippen molar-refractivity contribution in [3.63, 3.8) is 0 Å². The van der Waals surface area contributed by atoms with Gasteiger partial charge < -0.3 is 23.4 Å². The van der Waals surface area contributed by atoms with E-state index in [2.05, 4.69) is 18.2 Å². The van der Waals surface area contributed by atoms with Crippen LogP contribution in [0.5, 0.6) is 17.2 Å². The molecule has 2 aliphatic rings. The van der Waals surface area contributed by atoms with E-state index in [1.165, 1.54) is 23.8 Å². The van der Waals surface area contributed by atoms with Crippen molar-refractivity contribution >= 4 is 11.5 Å². The fourth-order valence-electron chi connectivity index (χ4n) is 4.75. The summed E-state index contributed by atoms with van der Waals surface area (Å²) < 4.78 is 27.8. The van der Waals surface area contributed by atoms with Gasteiger partial charge >= 0.3 is 5.97 Å². The van der Waals surface area contributed by atoms with Crippen molar-refractivity contribution in [2.24, 2.45) is 0 Å². The van der Waals surface area contributed by atoms with E-state index in [9.17, 15) is 4.79 Å². The normalized spacial score (nSPS) is 13.8. The number of rotatable bonds is 10. The number of carbonyl (C=O) groups excluding carboxylic acids is 1. The fourth-order valence-corrected chi connectivity index (χ4v) is 4.75. The van der Waals surface area contributed by atoms with Crippen molar-refractivity contribution in [2.75, 3.05) is 20.5 Å². The third-order valence-corrected chi connectivity index (χ3v) is 6.68. The van der Waals surface area contributed by atoms with Crippen molar-refractivity contribution in [3.05, 3.63) is 65.1 Å². The molecule has 1 aliphatic carbocycles. The SMILES string of the molecule is COC(=O)CCCCC1=CCCc2c(OCCc3nc(-c4ccc5c(c4)OCO5)oc3C)cccc21. The number of allylic oxidation sites excluding steroid dienone is 2. The van der Waals surface area contributed by atoms with Crippen LogP contribution in [-0.2, 0) is 22.4 Å². The number of fused-ring (bicyclic) bond motifs is 2. The van der Waals surface area contributed by atoms with Gasteiger partial charge in [-0.15, -0.1) is 0 Å². The van der Waals surface area contributed by atoms with Gasteiger partial charge in [-0.2, -0.15) is 0 Å². The molecular weight excluding hydrogens is 458 g/mol. The van der Waals surface area contributed by atoms with E-state index in [0.717, 1.165) is 60.6 Å². The van der Waals surface area contributed by atoms with E-state index in [1.54, 1.807) is 0 Å². The predicted molar refractivity (Wildman–Crippen MR) is 135 cm³/mol. The molecule has 0 N–H and O–H groups in total. The molecule has 0 atom stereocenters. The van der Waals surface area contributed by atoms with Gasteiger partial charge in [0, 0.05) is 24.0 Å². The van der Waals surface area contributed by atoms with Gasteiger partial charge in [-0.3, -0.25) is 4.79 Å². The molecule has 0 fully saturated rings. The summed E-state index contributed by atoms with van der Waals surface area (Å²) in [6, 6.07) is 12.0. The number of aryl methyl sites for hydroxylation is 1. The van der Waals surface area contributed by atoms with Crippen LogP contribution >= 0.6 is 0 Å². The molecule has 0 saturated carbocycles. The van der Waals surface area contributed by atoms with E-state index >= 15 is 0 Å². The van der Waals surface area contributed by atoms with Crippen molar-refractivity contribution in [2.45, 2.75) is 51.9 Å². The van der Waals surface area contributed by atoms with Gasteiger partial charge in [0.05, 0.1) is 19.4 Å². The van der Waals surface area contributed by atoms with E-state index < -0.39 is 0 Å². The highest BCUT2D eigenvalue weighted by Gasteiger charge is 2.19. The van der Waals surface area contributed by atoms with Gasteiger partial charge in [-0.1, -0.05) is 18.2 Å². The quantitative estimate of drug-likeness (QED) is 0.253. The van der Waals surface area contributed by atoms with Crippen LogP contribution in [0.4, 0.5) is 0 Å². The highest BCUT2D eigenvalue weighted by Crippen LogP contribution is 2.37. The van der Waals surface area contributed by atoms with Crippen molar-refractivity contribution in [3.8, 4) is 28.7 Å². The number of ether oxygens (including phenoxy) is 4. The average molecular weight is 490 g/mol. The molecule has 5 rings (SSSR count). The summed E-state index contributed by atoms with van der Waals surface area (Å²) in [6.45, 7) is 2.69. The van der Waals surface area contributed by atoms with E-state index in [4.69, 9.17) is 28.3 Å². The number of oxazole rings is 1. The number of aromatic nitrogens is 1. The molecular formula is C29H31NO6. The Morgan fingerprint density at radius 2 is 1.97 bits per heavy atom. The lowest BCUT2D eigenvalue weighted by Crippen LogP contribution is -2.08. The number of carbonyl (C=O) groups is 1. The molecule has 2 heterocycles. The molecule has 0 spiro atoms. The molecule has 2 aromatic carbocycles. The second kappa shape index (κ2) is 10.9. The molecule has 1 aliphatic heterocycles. The van der Waals surface area contributed by atoms with Gasteiger partial charge in [0.2, 0.25) is 12.7 Å². The Balaban J connectivity index is 1.20. The average Bonchev–Trinajstić information content (AvgIpc) is 3.52. The lowest BCUT2D eigenvalue weighted by atomic mass is 9.87. The minimum Gasteiger partial charge on any atom is -0.493 e. The van der Waals surface area contributed by atoms with E-state index in [0.29, 0.717) is 31.1 Å². The zero-order chi connectivity index (χ0) is 24.9. The number of hydrogen-bond acceptors (Lipinski definition) is 7. The third-order valence-electron chi connectivity index (χ3n) is 6.68. The van der Waals surface area contributed by atoms with E-state index in [-0.39, 0.29) is 12.8 Å². The minimum absolute atomic E-state index is 0.144. The Morgan fingerprint density at radius 3 is 2.86 bits per heavy atom. The highest BCUT2D eigenvalue weighted by molar-refractivity contribution is 5.72. The Hall–Kier alpha value is -3.74.